The van der Waals surface area contributed by atoms with Crippen molar-refractivity contribution in [2.24, 2.45) is 5.92 Å². The molecule has 0 atom stereocenters. The van der Waals surface area contributed by atoms with Gasteiger partial charge in [-0.05, 0) is 75.1 Å². The maximum Gasteiger partial charge on any atom is 0.490 e. The lowest BCUT2D eigenvalue weighted by atomic mass is 9.77. The van der Waals surface area contributed by atoms with Crippen molar-refractivity contribution in [2.75, 3.05) is 6.54 Å². The van der Waals surface area contributed by atoms with E-state index in [9.17, 15) is 31.1 Å². The van der Waals surface area contributed by atoms with Gasteiger partial charge in [-0.3, -0.25) is 9.78 Å². The van der Waals surface area contributed by atoms with Crippen molar-refractivity contribution in [3.05, 3.63) is 30.1 Å². The second kappa shape index (κ2) is 12.6. The predicted octanol–water partition coefficient (Wildman–Crippen LogP) is 4.15. The average Bonchev–Trinajstić information content (AvgIpc) is 3.61. The first kappa shape index (κ1) is 30.3. The molecule has 2 heterocycles. The van der Waals surface area contributed by atoms with E-state index in [0.29, 0.717) is 11.9 Å². The van der Waals surface area contributed by atoms with Crippen molar-refractivity contribution in [3.63, 3.8) is 0 Å². The highest BCUT2D eigenvalue weighted by Gasteiger charge is 2.47. The SMILES string of the molecule is O=C(O)C(F)(F)F.O=C(O)C(F)(F)F.O=C1CCC2(CCC(NCC3CC3)CC2)N1Cc1ccncc1. The number of rotatable bonds is 5. The van der Waals surface area contributed by atoms with Crippen LogP contribution in [0.2, 0.25) is 0 Å². The van der Waals surface area contributed by atoms with E-state index < -0.39 is 24.3 Å². The number of alkyl halides is 6. The Morgan fingerprint density at radius 2 is 1.43 bits per heavy atom. The number of nitrogens with one attached hydrogen (secondary N) is 1. The van der Waals surface area contributed by atoms with Gasteiger partial charge in [0.05, 0.1) is 0 Å². The van der Waals surface area contributed by atoms with Crippen LogP contribution in [0, 0.1) is 5.92 Å². The first-order valence-electron chi connectivity index (χ1n) is 11.7. The van der Waals surface area contributed by atoms with Gasteiger partial charge < -0.3 is 20.4 Å². The van der Waals surface area contributed by atoms with E-state index in [1.807, 2.05) is 24.5 Å². The number of carbonyl (C=O) groups excluding carboxylic acids is 1. The number of carboxylic acids is 2. The number of aliphatic carboxylic acids is 2. The van der Waals surface area contributed by atoms with Crippen molar-refractivity contribution < 1.29 is 50.9 Å². The Hall–Kier alpha value is -2.90. The molecule has 1 aromatic heterocycles. The third-order valence-electron chi connectivity index (χ3n) is 6.56. The molecule has 3 fully saturated rings. The lowest BCUT2D eigenvalue weighted by Gasteiger charge is -2.44. The zero-order valence-electron chi connectivity index (χ0n) is 19.8. The molecule has 2 aliphatic carbocycles. The van der Waals surface area contributed by atoms with Crippen molar-refractivity contribution in [1.29, 1.82) is 0 Å². The normalized spacial score (nSPS) is 23.6. The number of aromatic nitrogens is 1. The van der Waals surface area contributed by atoms with E-state index >= 15 is 0 Å². The molecule has 14 heteroatoms. The van der Waals surface area contributed by atoms with Crippen LogP contribution in [-0.2, 0) is 20.9 Å². The molecule has 1 aromatic rings. The van der Waals surface area contributed by atoms with Crippen LogP contribution in [0.25, 0.3) is 0 Å². The number of hydrogen-bond acceptors (Lipinski definition) is 5. The van der Waals surface area contributed by atoms with E-state index in [0.717, 1.165) is 38.1 Å². The summed E-state index contributed by atoms with van der Waals surface area (Å²) in [5, 5.41) is 18.0. The van der Waals surface area contributed by atoms with E-state index in [-0.39, 0.29) is 5.54 Å². The minimum atomic E-state index is -5.08. The van der Waals surface area contributed by atoms with Crippen molar-refractivity contribution in [3.8, 4) is 0 Å². The average molecular weight is 541 g/mol. The fraction of sp³-hybridized carbons (Fsp3) is 0.652. The van der Waals surface area contributed by atoms with Gasteiger partial charge in [0.25, 0.3) is 0 Å². The topological polar surface area (TPSA) is 120 Å². The van der Waals surface area contributed by atoms with Crippen LogP contribution in [0.5, 0.6) is 0 Å². The maximum absolute atomic E-state index is 12.5. The fourth-order valence-corrected chi connectivity index (χ4v) is 4.34. The molecular weight excluding hydrogens is 512 g/mol. The Bertz CT molecular complexity index is 890. The lowest BCUT2D eigenvalue weighted by molar-refractivity contribution is -0.193. The highest BCUT2D eigenvalue weighted by atomic mass is 19.4. The van der Waals surface area contributed by atoms with Gasteiger partial charge in [-0.25, -0.2) is 9.59 Å². The van der Waals surface area contributed by atoms with Gasteiger partial charge in [0.2, 0.25) is 5.91 Å². The van der Waals surface area contributed by atoms with Gasteiger partial charge in [0.1, 0.15) is 0 Å². The number of nitrogens with zero attached hydrogens (tertiary/aromatic N) is 2. The molecule has 4 rings (SSSR count). The van der Waals surface area contributed by atoms with Gasteiger partial charge >= 0.3 is 24.3 Å². The molecule has 1 amide bonds. The molecule has 37 heavy (non-hydrogen) atoms. The summed E-state index contributed by atoms with van der Waals surface area (Å²) < 4.78 is 63.5. The first-order chi connectivity index (χ1) is 17.1. The molecule has 1 aliphatic heterocycles. The molecule has 2 saturated carbocycles. The summed E-state index contributed by atoms with van der Waals surface area (Å²) in [5.41, 5.74) is 1.32. The van der Waals surface area contributed by atoms with Gasteiger partial charge in [0.15, 0.2) is 0 Å². The number of likely N-dealkylation sites (tertiary alicyclic amines) is 1. The number of carboxylic acid groups (broad SMARTS) is 2. The molecule has 0 bridgehead atoms. The number of carbonyl (C=O) groups is 3. The molecule has 0 aromatic carbocycles. The minimum absolute atomic E-state index is 0.123. The molecule has 1 spiro atoms. The molecule has 3 N–H and O–H groups in total. The second-order valence-electron chi connectivity index (χ2n) is 9.29. The van der Waals surface area contributed by atoms with Crippen LogP contribution in [0.4, 0.5) is 26.3 Å². The Kier molecular flexibility index (Phi) is 10.3. The molecule has 3 aliphatic rings. The van der Waals surface area contributed by atoms with Gasteiger partial charge in [-0.1, -0.05) is 0 Å². The molecule has 0 unspecified atom stereocenters. The Balaban J connectivity index is 0.000000286. The third kappa shape index (κ3) is 9.82. The summed E-state index contributed by atoms with van der Waals surface area (Å²) in [5.74, 6) is -4.23. The summed E-state index contributed by atoms with van der Waals surface area (Å²) in [6, 6.07) is 4.73. The van der Waals surface area contributed by atoms with Crippen LogP contribution in [0.15, 0.2) is 24.5 Å². The highest BCUT2D eigenvalue weighted by Crippen LogP contribution is 2.43. The van der Waals surface area contributed by atoms with Crippen LogP contribution in [0.3, 0.4) is 0 Å². The maximum atomic E-state index is 12.5. The quantitative estimate of drug-likeness (QED) is 0.479. The molecule has 208 valence electrons. The Morgan fingerprint density at radius 3 is 1.86 bits per heavy atom. The molecular formula is C23H29F6N3O5. The van der Waals surface area contributed by atoms with E-state index in [1.165, 1.54) is 37.8 Å². The molecule has 1 saturated heterocycles. The zero-order chi connectivity index (χ0) is 27.9. The van der Waals surface area contributed by atoms with Crippen molar-refractivity contribution in [1.82, 2.24) is 15.2 Å². The predicted molar refractivity (Wildman–Crippen MR) is 117 cm³/mol. The first-order valence-corrected chi connectivity index (χ1v) is 11.7. The van der Waals surface area contributed by atoms with Crippen LogP contribution < -0.4 is 5.32 Å². The Labute approximate surface area is 209 Å². The summed E-state index contributed by atoms with van der Waals surface area (Å²) in [4.78, 5) is 36.5. The van der Waals surface area contributed by atoms with E-state index in [1.54, 1.807) is 0 Å². The number of amides is 1. The van der Waals surface area contributed by atoms with E-state index in [2.05, 4.69) is 15.2 Å². The van der Waals surface area contributed by atoms with Crippen LogP contribution >= 0.6 is 0 Å². The van der Waals surface area contributed by atoms with Crippen LogP contribution in [0.1, 0.15) is 56.9 Å². The molecule has 8 nitrogen and oxygen atoms in total. The third-order valence-corrected chi connectivity index (χ3v) is 6.56. The minimum Gasteiger partial charge on any atom is -0.475 e. The summed E-state index contributed by atoms with van der Waals surface area (Å²) >= 11 is 0. The van der Waals surface area contributed by atoms with Gasteiger partial charge in [0, 0.05) is 36.9 Å². The number of halogens is 6. The highest BCUT2D eigenvalue weighted by molar-refractivity contribution is 5.79. The fourth-order valence-electron chi connectivity index (χ4n) is 4.34. The monoisotopic (exact) mass is 541 g/mol. The standard InChI is InChI=1S/C19H27N3O.2C2HF3O2/c23-18-5-10-19(22(18)14-16-6-11-20-12-7-16)8-3-17(4-9-19)21-13-15-1-2-15;2*3-2(4,5)1(6)7/h6-7,11-12,15,17,21H,1-5,8-10,13-14H2;2*(H,6,7). The number of pyridine rings is 1. The largest absolute Gasteiger partial charge is 0.490 e. The van der Waals surface area contributed by atoms with Crippen LogP contribution in [-0.4, -0.2) is 68.4 Å². The van der Waals surface area contributed by atoms with Crippen molar-refractivity contribution >= 4 is 17.8 Å². The number of hydrogen-bond donors (Lipinski definition) is 3. The molecule has 0 radical (unpaired) electrons. The lowest BCUT2D eigenvalue weighted by Crippen LogP contribution is -2.50. The van der Waals surface area contributed by atoms with E-state index in [4.69, 9.17) is 19.8 Å². The zero-order valence-corrected chi connectivity index (χ0v) is 19.8. The van der Waals surface area contributed by atoms with Crippen molar-refractivity contribution in [2.45, 2.75) is 81.8 Å². The Morgan fingerprint density at radius 1 is 0.946 bits per heavy atom. The summed E-state index contributed by atoms with van der Waals surface area (Å²) in [6.45, 7) is 1.96. The van der Waals surface area contributed by atoms with Gasteiger partial charge in [-0.15, -0.1) is 0 Å². The second-order valence-corrected chi connectivity index (χ2v) is 9.29. The summed E-state index contributed by atoms with van der Waals surface area (Å²) in [7, 11) is 0. The van der Waals surface area contributed by atoms with Gasteiger partial charge in [-0.2, -0.15) is 26.3 Å². The summed E-state index contributed by atoms with van der Waals surface area (Å²) in [6.07, 6.45) is 2.83. The smallest absolute Gasteiger partial charge is 0.475 e.